The summed E-state index contributed by atoms with van der Waals surface area (Å²) in [6.07, 6.45) is 9.13. The third-order valence-electron chi connectivity index (χ3n) is 3.46. The lowest BCUT2D eigenvalue weighted by atomic mass is 9.86. The Morgan fingerprint density at radius 3 is 2.47 bits per heavy atom. The lowest BCUT2D eigenvalue weighted by Gasteiger charge is -2.36. The van der Waals surface area contributed by atoms with Crippen molar-refractivity contribution in [1.29, 1.82) is 0 Å². The van der Waals surface area contributed by atoms with E-state index in [0.29, 0.717) is 5.92 Å². The van der Waals surface area contributed by atoms with Crippen molar-refractivity contribution in [3.8, 4) is 0 Å². The van der Waals surface area contributed by atoms with Crippen LogP contribution in [0.1, 0.15) is 58.8 Å². The van der Waals surface area contributed by atoms with E-state index < -0.39 is 0 Å². The lowest BCUT2D eigenvalue weighted by molar-refractivity contribution is -0.0648. The smallest absolute Gasteiger partial charge is 0.0779 e. The number of ether oxygens (including phenoxy) is 1. The third kappa shape index (κ3) is 4.44. The molecular weight excluding hydrogens is 252 g/mol. The predicted octanol–water partition coefficient (Wildman–Crippen LogP) is 4.54. The Balaban J connectivity index is 2.32. The molecule has 1 atom stereocenters. The van der Waals surface area contributed by atoms with Crippen LogP contribution in [-0.4, -0.2) is 17.5 Å². The zero-order chi connectivity index (χ0) is 11.1. The van der Waals surface area contributed by atoms with Crippen LogP contribution in [0, 0.1) is 5.92 Å². The topological polar surface area (TPSA) is 9.23 Å². The second-order valence-electron chi connectivity index (χ2n) is 5.08. The fourth-order valence-corrected chi connectivity index (χ4v) is 3.13. The standard InChI is InChI=1S/C13H25BrO/c1-3-7-12(2)10-15-13(11-14)8-5-4-6-9-13/h12H,3-11H2,1-2H3. The lowest BCUT2D eigenvalue weighted by Crippen LogP contribution is -2.38. The molecule has 1 rings (SSSR count). The molecule has 0 radical (unpaired) electrons. The first kappa shape index (κ1) is 13.5. The summed E-state index contributed by atoms with van der Waals surface area (Å²) in [6.45, 7) is 5.49. The van der Waals surface area contributed by atoms with Gasteiger partial charge in [-0.05, 0) is 25.2 Å². The molecule has 0 spiro atoms. The van der Waals surface area contributed by atoms with Crippen LogP contribution >= 0.6 is 15.9 Å². The zero-order valence-corrected chi connectivity index (χ0v) is 11.8. The minimum absolute atomic E-state index is 0.167. The number of alkyl halides is 1. The van der Waals surface area contributed by atoms with Gasteiger partial charge in [-0.3, -0.25) is 0 Å². The highest BCUT2D eigenvalue weighted by atomic mass is 79.9. The number of hydrogen-bond donors (Lipinski definition) is 0. The zero-order valence-electron chi connectivity index (χ0n) is 10.2. The fourth-order valence-electron chi connectivity index (χ4n) is 2.41. The van der Waals surface area contributed by atoms with Gasteiger partial charge in [0.1, 0.15) is 0 Å². The highest BCUT2D eigenvalue weighted by molar-refractivity contribution is 9.09. The molecule has 0 bridgehead atoms. The molecule has 0 aromatic rings. The van der Waals surface area contributed by atoms with Crippen molar-refractivity contribution in [1.82, 2.24) is 0 Å². The number of hydrogen-bond acceptors (Lipinski definition) is 1. The van der Waals surface area contributed by atoms with Crippen LogP contribution in [0.15, 0.2) is 0 Å². The monoisotopic (exact) mass is 276 g/mol. The van der Waals surface area contributed by atoms with E-state index in [1.54, 1.807) is 0 Å². The summed E-state index contributed by atoms with van der Waals surface area (Å²) < 4.78 is 6.19. The highest BCUT2D eigenvalue weighted by Crippen LogP contribution is 2.33. The van der Waals surface area contributed by atoms with Gasteiger partial charge in [0.25, 0.3) is 0 Å². The Kier molecular flexibility index (Phi) is 6.21. The van der Waals surface area contributed by atoms with E-state index in [-0.39, 0.29) is 5.60 Å². The Labute approximate surface area is 103 Å². The van der Waals surface area contributed by atoms with Gasteiger partial charge in [0.05, 0.1) is 5.60 Å². The molecule has 15 heavy (non-hydrogen) atoms. The largest absolute Gasteiger partial charge is 0.374 e. The Morgan fingerprint density at radius 2 is 1.93 bits per heavy atom. The minimum atomic E-state index is 0.167. The third-order valence-corrected chi connectivity index (χ3v) is 4.49. The van der Waals surface area contributed by atoms with E-state index in [1.807, 2.05) is 0 Å². The second-order valence-corrected chi connectivity index (χ2v) is 5.64. The van der Waals surface area contributed by atoms with Gasteiger partial charge in [0.15, 0.2) is 0 Å². The van der Waals surface area contributed by atoms with Gasteiger partial charge in [-0.2, -0.15) is 0 Å². The number of rotatable bonds is 6. The molecular formula is C13H25BrO. The predicted molar refractivity (Wildman–Crippen MR) is 69.6 cm³/mol. The van der Waals surface area contributed by atoms with E-state index in [1.165, 1.54) is 44.9 Å². The second kappa shape index (κ2) is 6.90. The molecule has 0 aromatic carbocycles. The molecule has 1 unspecified atom stereocenters. The van der Waals surface area contributed by atoms with Crippen LogP contribution in [0.2, 0.25) is 0 Å². The molecule has 0 aromatic heterocycles. The van der Waals surface area contributed by atoms with E-state index >= 15 is 0 Å². The summed E-state index contributed by atoms with van der Waals surface area (Å²) >= 11 is 3.63. The van der Waals surface area contributed by atoms with Crippen LogP contribution < -0.4 is 0 Å². The molecule has 0 amide bonds. The first-order valence-corrected chi connectivity index (χ1v) is 7.54. The van der Waals surface area contributed by atoms with Crippen molar-refractivity contribution < 1.29 is 4.74 Å². The Morgan fingerprint density at radius 1 is 1.27 bits per heavy atom. The molecule has 1 nitrogen and oxygen atoms in total. The summed E-state index contributed by atoms with van der Waals surface area (Å²) in [5.41, 5.74) is 0.167. The van der Waals surface area contributed by atoms with Crippen molar-refractivity contribution in [2.24, 2.45) is 5.92 Å². The molecule has 90 valence electrons. The van der Waals surface area contributed by atoms with Crippen LogP contribution in [0.25, 0.3) is 0 Å². The van der Waals surface area contributed by atoms with Crippen LogP contribution in [0.4, 0.5) is 0 Å². The maximum atomic E-state index is 6.19. The van der Waals surface area contributed by atoms with E-state index in [2.05, 4.69) is 29.8 Å². The molecule has 0 aliphatic heterocycles. The molecule has 1 aliphatic carbocycles. The van der Waals surface area contributed by atoms with Gasteiger partial charge in [-0.1, -0.05) is 55.5 Å². The van der Waals surface area contributed by atoms with Crippen molar-refractivity contribution in [2.75, 3.05) is 11.9 Å². The molecule has 0 N–H and O–H groups in total. The van der Waals surface area contributed by atoms with Gasteiger partial charge in [-0.15, -0.1) is 0 Å². The average molecular weight is 277 g/mol. The van der Waals surface area contributed by atoms with Crippen molar-refractivity contribution in [2.45, 2.75) is 64.4 Å². The molecule has 0 saturated heterocycles. The van der Waals surface area contributed by atoms with Gasteiger partial charge in [-0.25, -0.2) is 0 Å². The molecule has 1 aliphatic rings. The van der Waals surface area contributed by atoms with E-state index in [4.69, 9.17) is 4.74 Å². The highest BCUT2D eigenvalue weighted by Gasteiger charge is 2.31. The fraction of sp³-hybridized carbons (Fsp3) is 1.00. The quantitative estimate of drug-likeness (QED) is 0.648. The Bertz CT molecular complexity index is 164. The van der Waals surface area contributed by atoms with Crippen LogP contribution in [0.3, 0.4) is 0 Å². The first-order valence-electron chi connectivity index (χ1n) is 6.42. The molecule has 1 fully saturated rings. The van der Waals surface area contributed by atoms with E-state index in [9.17, 15) is 0 Å². The van der Waals surface area contributed by atoms with E-state index in [0.717, 1.165) is 11.9 Å². The summed E-state index contributed by atoms with van der Waals surface area (Å²) in [5, 5.41) is 1.01. The normalized spacial score (nSPS) is 22.6. The van der Waals surface area contributed by atoms with Crippen molar-refractivity contribution in [3.63, 3.8) is 0 Å². The summed E-state index contributed by atoms with van der Waals surface area (Å²) in [4.78, 5) is 0. The Hall–Kier alpha value is 0.440. The molecule has 1 saturated carbocycles. The summed E-state index contributed by atoms with van der Waals surface area (Å²) in [6, 6.07) is 0. The molecule has 0 heterocycles. The number of halogens is 1. The van der Waals surface area contributed by atoms with Crippen LogP contribution in [-0.2, 0) is 4.74 Å². The van der Waals surface area contributed by atoms with Crippen molar-refractivity contribution >= 4 is 15.9 Å². The van der Waals surface area contributed by atoms with Crippen LogP contribution in [0.5, 0.6) is 0 Å². The maximum absolute atomic E-state index is 6.19. The van der Waals surface area contributed by atoms with Gasteiger partial charge in [0, 0.05) is 11.9 Å². The SMILES string of the molecule is CCCC(C)COC1(CBr)CCCCC1. The van der Waals surface area contributed by atoms with Gasteiger partial charge < -0.3 is 4.74 Å². The summed E-state index contributed by atoms with van der Waals surface area (Å²) in [7, 11) is 0. The molecule has 2 heteroatoms. The maximum Gasteiger partial charge on any atom is 0.0779 e. The van der Waals surface area contributed by atoms with Gasteiger partial charge >= 0.3 is 0 Å². The average Bonchev–Trinajstić information content (AvgIpc) is 2.28. The first-order chi connectivity index (χ1) is 7.22. The van der Waals surface area contributed by atoms with Gasteiger partial charge in [0.2, 0.25) is 0 Å². The minimum Gasteiger partial charge on any atom is -0.374 e. The summed E-state index contributed by atoms with van der Waals surface area (Å²) in [5.74, 6) is 0.716. The van der Waals surface area contributed by atoms with Crippen molar-refractivity contribution in [3.05, 3.63) is 0 Å².